The molecule has 0 aromatic carbocycles. The Morgan fingerprint density at radius 2 is 2.08 bits per heavy atom. The molecule has 2 heterocycles. The maximum absolute atomic E-state index is 12.8. The molecule has 140 valence electrons. The Balaban J connectivity index is 1.83. The first kappa shape index (κ1) is 19.7. The van der Waals surface area contributed by atoms with Crippen LogP contribution in [-0.2, 0) is 4.74 Å². The van der Waals surface area contributed by atoms with Crippen LogP contribution in [0.4, 0.5) is 0 Å². The van der Waals surface area contributed by atoms with E-state index in [0.29, 0.717) is 24.5 Å². The third-order valence-electron chi connectivity index (χ3n) is 4.18. The number of hydrogen-bond acceptors (Lipinski definition) is 5. The molecule has 1 saturated heterocycles. The second kappa shape index (κ2) is 9.73. The van der Waals surface area contributed by atoms with Crippen molar-refractivity contribution in [1.29, 1.82) is 0 Å². The molecule has 1 amide bonds. The molecule has 1 aliphatic rings. The number of pyridine rings is 1. The zero-order valence-corrected chi connectivity index (χ0v) is 15.9. The topological polar surface area (TPSA) is 54.9 Å². The van der Waals surface area contributed by atoms with Gasteiger partial charge in [-0.15, -0.1) is 0 Å². The fraction of sp³-hybridized carbons (Fsp3) is 0.684. The van der Waals surface area contributed by atoms with Gasteiger partial charge in [0.25, 0.3) is 5.91 Å². The summed E-state index contributed by atoms with van der Waals surface area (Å²) in [6.45, 7) is 7.12. The van der Waals surface area contributed by atoms with Crippen molar-refractivity contribution in [3.63, 3.8) is 0 Å². The molecule has 1 aromatic heterocycles. The van der Waals surface area contributed by atoms with Crippen LogP contribution in [0.3, 0.4) is 0 Å². The number of hydrogen-bond donors (Lipinski definition) is 0. The van der Waals surface area contributed by atoms with Crippen LogP contribution in [0.5, 0.6) is 5.88 Å². The van der Waals surface area contributed by atoms with E-state index < -0.39 is 0 Å². The number of carbonyl (C=O) groups is 1. The third kappa shape index (κ3) is 6.29. The molecule has 0 unspecified atom stereocenters. The smallest absolute Gasteiger partial charge is 0.259 e. The first-order valence-electron chi connectivity index (χ1n) is 9.14. The van der Waals surface area contributed by atoms with Crippen LogP contribution >= 0.6 is 0 Å². The van der Waals surface area contributed by atoms with Gasteiger partial charge in [0.2, 0.25) is 5.88 Å². The summed E-state index contributed by atoms with van der Waals surface area (Å²) in [4.78, 5) is 21.1. The number of likely N-dealkylation sites (tertiary alicyclic amines) is 1. The van der Waals surface area contributed by atoms with E-state index in [-0.39, 0.29) is 18.1 Å². The Morgan fingerprint density at radius 3 is 2.72 bits per heavy atom. The fourth-order valence-electron chi connectivity index (χ4n) is 2.90. The average molecular weight is 349 g/mol. The molecule has 2 rings (SSSR count). The summed E-state index contributed by atoms with van der Waals surface area (Å²) in [5, 5.41) is 0. The number of ether oxygens (including phenoxy) is 2. The standard InChI is InChI=1S/C19H31N3O3/c1-15(2)25-18-17(7-5-10-20-18)19(23)22-12-8-16(9-13-22)24-14-6-11-21(3)4/h5,7,10,15-16H,6,8-9,11-14H2,1-4H3. The first-order valence-corrected chi connectivity index (χ1v) is 9.14. The van der Waals surface area contributed by atoms with Gasteiger partial charge >= 0.3 is 0 Å². The summed E-state index contributed by atoms with van der Waals surface area (Å²) in [7, 11) is 4.14. The highest BCUT2D eigenvalue weighted by Crippen LogP contribution is 2.21. The molecule has 0 bridgehead atoms. The summed E-state index contributed by atoms with van der Waals surface area (Å²) >= 11 is 0. The van der Waals surface area contributed by atoms with Crippen LogP contribution in [-0.4, -0.2) is 73.2 Å². The molecule has 0 radical (unpaired) electrons. The largest absolute Gasteiger partial charge is 0.474 e. The monoisotopic (exact) mass is 349 g/mol. The Labute approximate surface area is 151 Å². The third-order valence-corrected chi connectivity index (χ3v) is 4.18. The summed E-state index contributed by atoms with van der Waals surface area (Å²) in [6.07, 6.45) is 4.71. The summed E-state index contributed by atoms with van der Waals surface area (Å²) in [5.41, 5.74) is 0.543. The molecule has 0 atom stereocenters. The predicted octanol–water partition coefficient (Wildman–Crippen LogP) is 2.44. The van der Waals surface area contributed by atoms with Crippen LogP contribution in [0, 0.1) is 0 Å². The van der Waals surface area contributed by atoms with Gasteiger partial charge in [-0.25, -0.2) is 4.98 Å². The highest BCUT2D eigenvalue weighted by molar-refractivity contribution is 5.96. The van der Waals surface area contributed by atoms with Crippen molar-refractivity contribution in [3.05, 3.63) is 23.9 Å². The molecular weight excluding hydrogens is 318 g/mol. The number of piperidine rings is 1. The molecule has 25 heavy (non-hydrogen) atoms. The molecule has 0 saturated carbocycles. The van der Waals surface area contributed by atoms with Crippen molar-refractivity contribution in [2.24, 2.45) is 0 Å². The lowest BCUT2D eigenvalue weighted by Crippen LogP contribution is -2.41. The Hall–Kier alpha value is -1.66. The van der Waals surface area contributed by atoms with Crippen LogP contribution in [0.25, 0.3) is 0 Å². The highest BCUT2D eigenvalue weighted by atomic mass is 16.5. The summed E-state index contributed by atoms with van der Waals surface area (Å²) in [5.74, 6) is 0.416. The Kier molecular flexibility index (Phi) is 7.65. The van der Waals surface area contributed by atoms with E-state index in [9.17, 15) is 4.79 Å². The van der Waals surface area contributed by atoms with Gasteiger partial charge in [-0.1, -0.05) is 0 Å². The summed E-state index contributed by atoms with van der Waals surface area (Å²) < 4.78 is 11.6. The molecule has 0 aliphatic carbocycles. The van der Waals surface area contributed by atoms with E-state index in [0.717, 1.165) is 32.4 Å². The maximum atomic E-state index is 12.8. The fourth-order valence-corrected chi connectivity index (χ4v) is 2.90. The van der Waals surface area contributed by atoms with E-state index in [2.05, 4.69) is 24.0 Å². The number of carbonyl (C=O) groups excluding carboxylic acids is 1. The number of nitrogens with zero attached hydrogens (tertiary/aromatic N) is 3. The van der Waals surface area contributed by atoms with E-state index in [1.54, 1.807) is 18.3 Å². The van der Waals surface area contributed by atoms with Crippen molar-refractivity contribution < 1.29 is 14.3 Å². The van der Waals surface area contributed by atoms with Gasteiger partial charge in [0.05, 0.1) is 12.2 Å². The van der Waals surface area contributed by atoms with E-state index in [1.165, 1.54) is 0 Å². The van der Waals surface area contributed by atoms with Gasteiger partial charge in [0, 0.05) is 25.9 Å². The van der Waals surface area contributed by atoms with Crippen molar-refractivity contribution in [2.75, 3.05) is 40.3 Å². The van der Waals surface area contributed by atoms with Crippen LogP contribution in [0.1, 0.15) is 43.5 Å². The molecule has 6 nitrogen and oxygen atoms in total. The Bertz CT molecular complexity index is 540. The van der Waals surface area contributed by atoms with Gasteiger partial charge in [-0.2, -0.15) is 0 Å². The SMILES string of the molecule is CC(C)Oc1ncccc1C(=O)N1CCC(OCCCN(C)C)CC1. The second-order valence-corrected chi connectivity index (χ2v) is 7.04. The maximum Gasteiger partial charge on any atom is 0.259 e. The van der Waals surface area contributed by atoms with Crippen LogP contribution in [0.15, 0.2) is 18.3 Å². The van der Waals surface area contributed by atoms with Crippen molar-refractivity contribution in [1.82, 2.24) is 14.8 Å². The zero-order chi connectivity index (χ0) is 18.2. The quantitative estimate of drug-likeness (QED) is 0.675. The van der Waals surface area contributed by atoms with E-state index in [4.69, 9.17) is 9.47 Å². The van der Waals surface area contributed by atoms with Gasteiger partial charge in [-0.3, -0.25) is 4.79 Å². The van der Waals surface area contributed by atoms with Crippen molar-refractivity contribution in [2.45, 2.75) is 45.3 Å². The van der Waals surface area contributed by atoms with E-state index >= 15 is 0 Å². The minimum Gasteiger partial charge on any atom is -0.474 e. The second-order valence-electron chi connectivity index (χ2n) is 7.04. The minimum atomic E-state index is -0.0113. The lowest BCUT2D eigenvalue weighted by molar-refractivity contribution is 0.00621. The average Bonchev–Trinajstić information content (AvgIpc) is 2.58. The van der Waals surface area contributed by atoms with Gasteiger partial charge in [0.15, 0.2) is 0 Å². The molecule has 1 aromatic rings. The van der Waals surface area contributed by atoms with Crippen LogP contribution < -0.4 is 4.74 Å². The lowest BCUT2D eigenvalue weighted by Gasteiger charge is -2.32. The Morgan fingerprint density at radius 1 is 1.36 bits per heavy atom. The molecule has 1 aliphatic heterocycles. The summed E-state index contributed by atoms with van der Waals surface area (Å²) in [6, 6.07) is 3.57. The first-order chi connectivity index (χ1) is 12.0. The molecule has 6 heteroatoms. The molecule has 0 spiro atoms. The highest BCUT2D eigenvalue weighted by Gasteiger charge is 2.26. The van der Waals surface area contributed by atoms with Crippen LogP contribution in [0.2, 0.25) is 0 Å². The molecule has 1 fully saturated rings. The predicted molar refractivity (Wildman–Crippen MR) is 98.0 cm³/mol. The number of aromatic nitrogens is 1. The zero-order valence-electron chi connectivity index (χ0n) is 15.9. The molecule has 0 N–H and O–H groups in total. The number of amides is 1. The van der Waals surface area contributed by atoms with Crippen molar-refractivity contribution in [3.8, 4) is 5.88 Å². The van der Waals surface area contributed by atoms with Crippen molar-refractivity contribution >= 4 is 5.91 Å². The van der Waals surface area contributed by atoms with Gasteiger partial charge in [-0.05, 0) is 65.9 Å². The normalized spacial score (nSPS) is 15.8. The molecular formula is C19H31N3O3. The minimum absolute atomic E-state index is 0.00481. The lowest BCUT2D eigenvalue weighted by atomic mass is 10.1. The number of rotatable bonds is 8. The van der Waals surface area contributed by atoms with Gasteiger partial charge < -0.3 is 19.3 Å². The van der Waals surface area contributed by atoms with Gasteiger partial charge in [0.1, 0.15) is 5.56 Å². The van der Waals surface area contributed by atoms with E-state index in [1.807, 2.05) is 18.7 Å².